The summed E-state index contributed by atoms with van der Waals surface area (Å²) in [5.41, 5.74) is 5.49. The van der Waals surface area contributed by atoms with E-state index in [4.69, 9.17) is 28.3 Å². The van der Waals surface area contributed by atoms with Gasteiger partial charge in [0.15, 0.2) is 5.82 Å². The minimum atomic E-state index is -0.716. The Labute approximate surface area is 232 Å². The van der Waals surface area contributed by atoms with Gasteiger partial charge in [-0.05, 0) is 52.6 Å². The molecule has 3 nitrogen and oxygen atoms in total. The Hall–Kier alpha value is -4.05. The normalized spacial score (nSPS) is 11.6. The largest absolute Gasteiger partial charge is 0.371 e. The second kappa shape index (κ2) is 10.0. The molecule has 0 amide bonds. The van der Waals surface area contributed by atoms with E-state index in [1.54, 1.807) is 6.07 Å². The van der Waals surface area contributed by atoms with Gasteiger partial charge in [0.05, 0.1) is 5.52 Å². The van der Waals surface area contributed by atoms with E-state index in [1.807, 2.05) is 37.4 Å². The highest BCUT2D eigenvalue weighted by Gasteiger charge is 2.40. The van der Waals surface area contributed by atoms with Gasteiger partial charge in [0.25, 0.3) is 0 Å². The molecule has 6 rings (SSSR count). The van der Waals surface area contributed by atoms with Crippen LogP contribution in [0.15, 0.2) is 127 Å². The summed E-state index contributed by atoms with van der Waals surface area (Å²) in [5.74, 6) is 0.784. The van der Waals surface area contributed by atoms with Crippen LogP contribution in [-0.2, 0) is 5.54 Å². The first kappa shape index (κ1) is 24.3. The van der Waals surface area contributed by atoms with Gasteiger partial charge in [-0.15, -0.1) is 0 Å². The molecule has 0 atom stereocenters. The molecule has 0 aliphatic carbocycles. The minimum absolute atomic E-state index is 0.644. The number of hydrogen-bond acceptors (Lipinski definition) is 2. The third-order valence-corrected chi connectivity index (χ3v) is 7.61. The van der Waals surface area contributed by atoms with E-state index in [2.05, 4.69) is 101 Å². The molecule has 1 aromatic heterocycles. The first-order valence-corrected chi connectivity index (χ1v) is 13.2. The Morgan fingerprint density at radius 2 is 1.21 bits per heavy atom. The molecule has 6 aromatic rings. The van der Waals surface area contributed by atoms with Crippen LogP contribution in [0.25, 0.3) is 22.0 Å². The van der Waals surface area contributed by atoms with E-state index in [0.717, 1.165) is 44.5 Å². The monoisotopic (exact) mass is 533 g/mol. The zero-order chi connectivity index (χ0) is 26.1. The highest BCUT2D eigenvalue weighted by atomic mass is 35.5. The molecule has 0 saturated heterocycles. The van der Waals surface area contributed by atoms with Gasteiger partial charge in [-0.3, -0.25) is 0 Å². The lowest BCUT2D eigenvalue weighted by atomic mass is 9.77. The van der Waals surface area contributed by atoms with Crippen molar-refractivity contribution in [3.8, 4) is 11.1 Å². The highest BCUT2D eigenvalue weighted by molar-refractivity contribution is 6.35. The Kier molecular flexibility index (Phi) is 6.40. The smallest absolute Gasteiger partial charge is 0.155 e. The predicted octanol–water partition coefficient (Wildman–Crippen LogP) is 8.89. The second-order valence-corrected chi connectivity index (χ2v) is 10.0. The van der Waals surface area contributed by atoms with Crippen molar-refractivity contribution in [3.63, 3.8) is 0 Å². The van der Waals surface area contributed by atoms with Crippen LogP contribution in [0.1, 0.15) is 16.7 Å². The van der Waals surface area contributed by atoms with Crippen LogP contribution in [0.3, 0.4) is 0 Å². The third-order valence-electron chi connectivity index (χ3n) is 7.05. The Balaban J connectivity index is 1.71. The fourth-order valence-electron chi connectivity index (χ4n) is 5.35. The van der Waals surface area contributed by atoms with Crippen LogP contribution in [0.5, 0.6) is 0 Å². The van der Waals surface area contributed by atoms with Crippen molar-refractivity contribution in [2.75, 3.05) is 12.4 Å². The molecule has 0 saturated carbocycles. The van der Waals surface area contributed by atoms with E-state index < -0.39 is 5.54 Å². The SMILES string of the molecule is CNc1nn(C(c2ccccc2)(c2ccccc2)c2ccccc2)c2ccc(-c3cc(Cl)ccc3Cl)cc12. The summed E-state index contributed by atoms with van der Waals surface area (Å²) < 4.78 is 2.15. The van der Waals surface area contributed by atoms with Crippen LogP contribution >= 0.6 is 23.2 Å². The molecular weight excluding hydrogens is 509 g/mol. The van der Waals surface area contributed by atoms with E-state index in [1.165, 1.54) is 0 Å². The molecule has 0 radical (unpaired) electrons. The number of hydrogen-bond donors (Lipinski definition) is 1. The van der Waals surface area contributed by atoms with Gasteiger partial charge in [0.2, 0.25) is 0 Å². The van der Waals surface area contributed by atoms with Crippen molar-refractivity contribution in [2.45, 2.75) is 5.54 Å². The zero-order valence-electron chi connectivity index (χ0n) is 20.8. The fourth-order valence-corrected chi connectivity index (χ4v) is 5.75. The average Bonchev–Trinajstić information content (AvgIpc) is 3.35. The van der Waals surface area contributed by atoms with Crippen molar-refractivity contribution in [1.29, 1.82) is 0 Å². The molecule has 38 heavy (non-hydrogen) atoms. The Bertz CT molecular complexity index is 1620. The molecule has 0 aliphatic heterocycles. The number of aromatic nitrogens is 2. The summed E-state index contributed by atoms with van der Waals surface area (Å²) in [4.78, 5) is 0. The van der Waals surface area contributed by atoms with Gasteiger partial charge in [-0.2, -0.15) is 5.10 Å². The molecule has 5 heteroatoms. The van der Waals surface area contributed by atoms with E-state index in [9.17, 15) is 0 Å². The van der Waals surface area contributed by atoms with Crippen LogP contribution in [0, 0.1) is 0 Å². The quantitative estimate of drug-likeness (QED) is 0.216. The van der Waals surface area contributed by atoms with Gasteiger partial charge in [-0.25, -0.2) is 4.68 Å². The van der Waals surface area contributed by atoms with Gasteiger partial charge >= 0.3 is 0 Å². The molecule has 1 heterocycles. The number of nitrogens with zero attached hydrogens (tertiary/aromatic N) is 2. The number of nitrogens with one attached hydrogen (secondary N) is 1. The molecule has 0 aliphatic rings. The summed E-state index contributed by atoms with van der Waals surface area (Å²) in [6, 6.07) is 43.6. The second-order valence-electron chi connectivity index (χ2n) is 9.17. The molecule has 0 spiro atoms. The summed E-state index contributed by atoms with van der Waals surface area (Å²) >= 11 is 12.9. The van der Waals surface area contributed by atoms with Crippen molar-refractivity contribution in [3.05, 3.63) is 154 Å². The molecule has 0 fully saturated rings. The first-order valence-electron chi connectivity index (χ1n) is 12.5. The third kappa shape index (κ3) is 3.96. The number of fused-ring (bicyclic) bond motifs is 1. The van der Waals surface area contributed by atoms with E-state index in [-0.39, 0.29) is 0 Å². The predicted molar refractivity (Wildman–Crippen MR) is 159 cm³/mol. The van der Waals surface area contributed by atoms with Crippen LogP contribution in [0.4, 0.5) is 5.82 Å². The number of halogens is 2. The van der Waals surface area contributed by atoms with Crippen molar-refractivity contribution < 1.29 is 0 Å². The number of anilines is 1. The van der Waals surface area contributed by atoms with Crippen LogP contribution in [0.2, 0.25) is 10.0 Å². The highest BCUT2D eigenvalue weighted by Crippen LogP contribution is 2.44. The van der Waals surface area contributed by atoms with E-state index in [0.29, 0.717) is 10.0 Å². The first-order chi connectivity index (χ1) is 18.6. The maximum Gasteiger partial charge on any atom is 0.155 e. The number of benzene rings is 5. The summed E-state index contributed by atoms with van der Waals surface area (Å²) in [5, 5.41) is 10.9. The molecule has 186 valence electrons. The topological polar surface area (TPSA) is 29.9 Å². The maximum absolute atomic E-state index is 6.58. The van der Waals surface area contributed by atoms with Crippen molar-refractivity contribution in [2.24, 2.45) is 0 Å². The molecular formula is C33H25Cl2N3. The molecule has 0 bridgehead atoms. The van der Waals surface area contributed by atoms with Crippen LogP contribution in [-0.4, -0.2) is 16.8 Å². The number of rotatable bonds is 6. The molecule has 5 aromatic carbocycles. The van der Waals surface area contributed by atoms with Crippen molar-refractivity contribution in [1.82, 2.24) is 9.78 Å². The van der Waals surface area contributed by atoms with Crippen molar-refractivity contribution >= 4 is 39.9 Å². The summed E-state index contributed by atoms with van der Waals surface area (Å²) in [6.45, 7) is 0. The lowest BCUT2D eigenvalue weighted by Gasteiger charge is -2.37. The average molecular weight is 534 g/mol. The Morgan fingerprint density at radius 3 is 1.74 bits per heavy atom. The summed E-state index contributed by atoms with van der Waals surface area (Å²) in [6.07, 6.45) is 0. The minimum Gasteiger partial charge on any atom is -0.371 e. The van der Waals surface area contributed by atoms with E-state index >= 15 is 0 Å². The standard InChI is InChI=1S/C33H25Cl2N3/c1-36-32-29-21-23(28-22-27(34)18-19-30(28)35)17-20-31(29)38(37-32)33(24-11-5-2-6-12-24,25-13-7-3-8-14-25)26-15-9-4-10-16-26/h2-22H,1H3,(H,36,37). The van der Waals surface area contributed by atoms with Gasteiger partial charge in [0.1, 0.15) is 5.54 Å². The summed E-state index contributed by atoms with van der Waals surface area (Å²) in [7, 11) is 1.90. The maximum atomic E-state index is 6.58. The fraction of sp³-hybridized carbons (Fsp3) is 0.0606. The lowest BCUT2D eigenvalue weighted by molar-refractivity contribution is 0.477. The van der Waals surface area contributed by atoms with Gasteiger partial charge in [-0.1, -0.05) is 120 Å². The Morgan fingerprint density at radius 1 is 0.658 bits per heavy atom. The van der Waals surface area contributed by atoms with Crippen LogP contribution < -0.4 is 5.32 Å². The van der Waals surface area contributed by atoms with Gasteiger partial charge in [0, 0.05) is 28.0 Å². The lowest BCUT2D eigenvalue weighted by Crippen LogP contribution is -2.38. The van der Waals surface area contributed by atoms with Gasteiger partial charge < -0.3 is 5.32 Å². The molecule has 0 unspecified atom stereocenters. The molecule has 1 N–H and O–H groups in total. The zero-order valence-corrected chi connectivity index (χ0v) is 22.3.